The highest BCUT2D eigenvalue weighted by atomic mass is 79.9. The first kappa shape index (κ1) is 16.0. The molecule has 108 valence electrons. The molecular formula is C15H18BrClN2S. The lowest BCUT2D eigenvalue weighted by Gasteiger charge is -2.31. The van der Waals surface area contributed by atoms with Crippen LogP contribution >= 0.6 is 38.9 Å². The van der Waals surface area contributed by atoms with Crippen molar-refractivity contribution >= 4 is 38.9 Å². The van der Waals surface area contributed by atoms with Crippen molar-refractivity contribution in [1.82, 2.24) is 4.90 Å². The molecule has 2 aromatic rings. The Labute approximate surface area is 137 Å². The molecule has 5 heteroatoms. The number of benzene rings is 1. The van der Waals surface area contributed by atoms with Crippen molar-refractivity contribution < 1.29 is 0 Å². The Hall–Kier alpha value is -0.390. The van der Waals surface area contributed by atoms with E-state index in [0.29, 0.717) is 0 Å². The van der Waals surface area contributed by atoms with Crippen molar-refractivity contribution in [1.29, 1.82) is 0 Å². The van der Waals surface area contributed by atoms with E-state index >= 15 is 0 Å². The molecule has 2 atom stereocenters. The first-order chi connectivity index (χ1) is 9.49. The van der Waals surface area contributed by atoms with Gasteiger partial charge >= 0.3 is 0 Å². The number of halogens is 2. The van der Waals surface area contributed by atoms with E-state index in [4.69, 9.17) is 17.3 Å². The topological polar surface area (TPSA) is 29.3 Å². The predicted octanol–water partition coefficient (Wildman–Crippen LogP) is 4.68. The molecule has 2 nitrogen and oxygen atoms in total. The molecule has 0 amide bonds. The molecule has 2 rings (SSSR count). The van der Waals surface area contributed by atoms with Crippen molar-refractivity contribution in [3.63, 3.8) is 0 Å². The number of nitrogens with zero attached hydrogens (tertiary/aromatic N) is 1. The summed E-state index contributed by atoms with van der Waals surface area (Å²) < 4.78 is 1.92. The molecule has 0 saturated heterocycles. The summed E-state index contributed by atoms with van der Waals surface area (Å²) >= 11 is 11.2. The smallest absolute Gasteiger partial charge is 0.0931 e. The number of rotatable bonds is 5. The van der Waals surface area contributed by atoms with E-state index in [0.717, 1.165) is 15.4 Å². The van der Waals surface area contributed by atoms with Gasteiger partial charge in [0.15, 0.2) is 0 Å². The molecule has 2 unspecified atom stereocenters. The number of thiophene rings is 1. The van der Waals surface area contributed by atoms with Crippen molar-refractivity contribution in [2.24, 2.45) is 5.73 Å². The van der Waals surface area contributed by atoms with Crippen LogP contribution in [0.4, 0.5) is 0 Å². The van der Waals surface area contributed by atoms with Crippen molar-refractivity contribution in [2.45, 2.75) is 25.6 Å². The Morgan fingerprint density at radius 3 is 2.55 bits per heavy atom. The van der Waals surface area contributed by atoms with Crippen LogP contribution in [-0.4, -0.2) is 18.0 Å². The summed E-state index contributed by atoms with van der Waals surface area (Å²) in [4.78, 5) is 3.52. The molecule has 0 aliphatic carbocycles. The minimum Gasteiger partial charge on any atom is -0.326 e. The van der Waals surface area contributed by atoms with Crippen molar-refractivity contribution in [3.8, 4) is 0 Å². The second kappa shape index (κ2) is 7.05. The lowest BCUT2D eigenvalue weighted by atomic mass is 9.99. The zero-order chi connectivity index (χ0) is 14.7. The van der Waals surface area contributed by atoms with E-state index in [1.807, 2.05) is 25.1 Å². The molecule has 1 aromatic heterocycles. The highest BCUT2D eigenvalue weighted by molar-refractivity contribution is 9.10. The Kier molecular flexibility index (Phi) is 5.64. The van der Waals surface area contributed by atoms with Crippen LogP contribution in [0.1, 0.15) is 23.4 Å². The maximum Gasteiger partial charge on any atom is 0.0931 e. The molecule has 1 aromatic carbocycles. The van der Waals surface area contributed by atoms with Crippen LogP contribution in [0.3, 0.4) is 0 Å². The van der Waals surface area contributed by atoms with Gasteiger partial charge in [0.05, 0.1) is 10.4 Å². The van der Waals surface area contributed by atoms with Crippen molar-refractivity contribution in [3.05, 3.63) is 55.6 Å². The summed E-state index contributed by atoms with van der Waals surface area (Å²) in [5.74, 6) is 0. The second-order valence-corrected chi connectivity index (χ2v) is 7.60. The van der Waals surface area contributed by atoms with Gasteiger partial charge in [0.25, 0.3) is 0 Å². The van der Waals surface area contributed by atoms with E-state index < -0.39 is 0 Å². The van der Waals surface area contributed by atoms with Gasteiger partial charge in [-0.05, 0) is 37.7 Å². The van der Waals surface area contributed by atoms with Gasteiger partial charge in [-0.25, -0.2) is 0 Å². The van der Waals surface area contributed by atoms with Gasteiger partial charge in [-0.1, -0.05) is 45.7 Å². The van der Waals surface area contributed by atoms with Crippen LogP contribution in [0.2, 0.25) is 4.34 Å². The number of hydrogen-bond acceptors (Lipinski definition) is 3. The normalized spacial score (nSPS) is 14.5. The highest BCUT2D eigenvalue weighted by Gasteiger charge is 2.23. The maximum absolute atomic E-state index is 6.21. The van der Waals surface area contributed by atoms with E-state index in [9.17, 15) is 0 Å². The minimum atomic E-state index is 0.0362. The average molecular weight is 374 g/mol. The van der Waals surface area contributed by atoms with Gasteiger partial charge in [0.1, 0.15) is 0 Å². The molecule has 20 heavy (non-hydrogen) atoms. The first-order valence-corrected chi connectivity index (χ1v) is 8.42. The Balaban J connectivity index is 2.22. The fraction of sp³-hybridized carbons (Fsp3) is 0.333. The summed E-state index contributed by atoms with van der Waals surface area (Å²) in [6.45, 7) is 2.88. The van der Waals surface area contributed by atoms with Gasteiger partial charge in [-0.15, -0.1) is 11.3 Å². The Morgan fingerprint density at radius 2 is 2.00 bits per heavy atom. The van der Waals surface area contributed by atoms with Gasteiger partial charge in [-0.3, -0.25) is 4.90 Å². The quantitative estimate of drug-likeness (QED) is 0.824. The molecule has 0 radical (unpaired) electrons. The van der Waals surface area contributed by atoms with Crippen LogP contribution in [0, 0.1) is 0 Å². The fourth-order valence-electron chi connectivity index (χ4n) is 2.42. The largest absolute Gasteiger partial charge is 0.326 e. The van der Waals surface area contributed by atoms with Crippen LogP contribution in [0.15, 0.2) is 40.9 Å². The summed E-state index contributed by atoms with van der Waals surface area (Å²) in [6, 6.07) is 12.4. The first-order valence-electron chi connectivity index (χ1n) is 6.43. The monoisotopic (exact) mass is 372 g/mol. The molecule has 0 aliphatic heterocycles. The number of nitrogens with two attached hydrogens (primary N) is 1. The van der Waals surface area contributed by atoms with Crippen LogP contribution in [0.5, 0.6) is 0 Å². The second-order valence-electron chi connectivity index (χ2n) is 4.95. The van der Waals surface area contributed by atoms with Crippen LogP contribution in [-0.2, 0) is 6.54 Å². The lowest BCUT2D eigenvalue weighted by molar-refractivity contribution is 0.212. The molecule has 0 bridgehead atoms. The van der Waals surface area contributed by atoms with E-state index in [-0.39, 0.29) is 12.1 Å². The van der Waals surface area contributed by atoms with E-state index in [1.165, 1.54) is 10.4 Å². The lowest BCUT2D eigenvalue weighted by Crippen LogP contribution is -2.37. The minimum absolute atomic E-state index is 0.0362. The molecular weight excluding hydrogens is 356 g/mol. The van der Waals surface area contributed by atoms with Crippen LogP contribution in [0.25, 0.3) is 0 Å². The average Bonchev–Trinajstić information content (AvgIpc) is 2.77. The Bertz CT molecular complexity index is 571. The third-order valence-corrected chi connectivity index (χ3v) is 5.17. The zero-order valence-corrected chi connectivity index (χ0v) is 14.7. The molecule has 1 heterocycles. The number of likely N-dealkylation sites (N-methyl/N-ethyl adjacent to an activating group) is 1. The highest BCUT2D eigenvalue weighted by Crippen LogP contribution is 2.31. The van der Waals surface area contributed by atoms with Gasteiger partial charge in [0, 0.05) is 21.9 Å². The molecule has 0 aliphatic rings. The summed E-state index contributed by atoms with van der Waals surface area (Å²) in [7, 11) is 2.10. The summed E-state index contributed by atoms with van der Waals surface area (Å²) in [5.41, 5.74) is 7.43. The van der Waals surface area contributed by atoms with Crippen molar-refractivity contribution in [2.75, 3.05) is 7.05 Å². The Morgan fingerprint density at radius 1 is 1.30 bits per heavy atom. The summed E-state index contributed by atoms with van der Waals surface area (Å²) in [6.07, 6.45) is 0. The van der Waals surface area contributed by atoms with Gasteiger partial charge in [0.2, 0.25) is 0 Å². The van der Waals surface area contributed by atoms with Gasteiger partial charge < -0.3 is 5.73 Å². The van der Waals surface area contributed by atoms with E-state index in [2.05, 4.69) is 46.1 Å². The van der Waals surface area contributed by atoms with Gasteiger partial charge in [-0.2, -0.15) is 0 Å². The maximum atomic E-state index is 6.21. The standard InChI is InChI=1S/C15H18BrClN2S/c1-10(18)15(12-5-3-4-6-13(12)16)19(2)9-11-7-8-14(17)20-11/h3-8,10,15H,9,18H2,1-2H3. The molecule has 2 N–H and O–H groups in total. The third-order valence-electron chi connectivity index (χ3n) is 3.23. The third kappa shape index (κ3) is 3.83. The zero-order valence-electron chi connectivity index (χ0n) is 11.5. The molecule has 0 spiro atoms. The fourth-order valence-corrected chi connectivity index (χ4v) is 4.09. The SMILES string of the molecule is CC(N)C(c1ccccc1Br)N(C)Cc1ccc(Cl)s1. The predicted molar refractivity (Wildman–Crippen MR) is 91.3 cm³/mol. The van der Waals surface area contributed by atoms with Crippen LogP contribution < -0.4 is 5.73 Å². The molecule has 0 saturated carbocycles. The number of hydrogen-bond donors (Lipinski definition) is 1. The molecule has 0 fully saturated rings. The summed E-state index contributed by atoms with van der Waals surface area (Å²) in [5, 5.41) is 0. The van der Waals surface area contributed by atoms with E-state index in [1.54, 1.807) is 11.3 Å².